The molecule has 1 aromatic rings. The minimum absolute atomic E-state index is 0.151. The zero-order chi connectivity index (χ0) is 19.8. The van der Waals surface area contributed by atoms with Crippen molar-refractivity contribution in [3.63, 3.8) is 0 Å². The smallest absolute Gasteiger partial charge is 0.219 e. The van der Waals surface area contributed by atoms with E-state index in [2.05, 4.69) is 5.32 Å². The summed E-state index contributed by atoms with van der Waals surface area (Å²) in [7, 11) is 3.20. The Bertz CT molecular complexity index is 612. The van der Waals surface area contributed by atoms with Crippen molar-refractivity contribution >= 4 is 5.91 Å². The van der Waals surface area contributed by atoms with Crippen molar-refractivity contribution in [1.82, 2.24) is 10.2 Å². The van der Waals surface area contributed by atoms with E-state index in [1.807, 2.05) is 18.2 Å². The van der Waals surface area contributed by atoms with Gasteiger partial charge in [0, 0.05) is 39.7 Å². The first-order valence-corrected chi connectivity index (χ1v) is 9.08. The Morgan fingerprint density at radius 2 is 2.00 bits per heavy atom. The largest absolute Gasteiger partial charge is 0.493 e. The van der Waals surface area contributed by atoms with E-state index in [-0.39, 0.29) is 25.0 Å². The van der Waals surface area contributed by atoms with Crippen LogP contribution >= 0.6 is 0 Å². The molecule has 0 saturated carbocycles. The molecule has 1 aliphatic heterocycles. The number of carbonyl (C=O) groups is 1. The molecule has 0 aromatic heterocycles. The molecule has 3 atom stereocenters. The predicted octanol–water partition coefficient (Wildman–Crippen LogP) is 0.153. The molecule has 8 heteroatoms. The highest BCUT2D eigenvalue weighted by Gasteiger charge is 2.30. The van der Waals surface area contributed by atoms with Gasteiger partial charge in [-0.25, -0.2) is 0 Å². The average Bonchev–Trinajstić information content (AvgIpc) is 2.78. The lowest BCUT2D eigenvalue weighted by molar-refractivity contribution is -0.131. The van der Waals surface area contributed by atoms with E-state index in [0.717, 1.165) is 5.56 Å². The molecular formula is C19H30N2O6. The van der Waals surface area contributed by atoms with E-state index < -0.39 is 12.2 Å². The SMILES string of the molecule is COCCOc1cc(CN[C@@H]2C[C@@H](O)CN(C(C)=O)C[C@H]2O)ccc1OC. The molecule has 8 nitrogen and oxygen atoms in total. The summed E-state index contributed by atoms with van der Waals surface area (Å²) in [5, 5.41) is 23.8. The Morgan fingerprint density at radius 3 is 2.67 bits per heavy atom. The molecule has 0 radical (unpaired) electrons. The van der Waals surface area contributed by atoms with Crippen molar-refractivity contribution in [2.24, 2.45) is 0 Å². The number of nitrogens with one attached hydrogen (secondary N) is 1. The van der Waals surface area contributed by atoms with Gasteiger partial charge in [-0.15, -0.1) is 0 Å². The number of ether oxygens (including phenoxy) is 3. The second-order valence-corrected chi connectivity index (χ2v) is 6.69. The molecule has 0 spiro atoms. The van der Waals surface area contributed by atoms with Gasteiger partial charge >= 0.3 is 0 Å². The van der Waals surface area contributed by atoms with E-state index >= 15 is 0 Å². The van der Waals surface area contributed by atoms with Crippen molar-refractivity contribution in [3.8, 4) is 11.5 Å². The van der Waals surface area contributed by atoms with Gasteiger partial charge in [-0.2, -0.15) is 0 Å². The number of hydrogen-bond donors (Lipinski definition) is 3. The summed E-state index contributed by atoms with van der Waals surface area (Å²) in [6, 6.07) is 5.30. The second-order valence-electron chi connectivity index (χ2n) is 6.69. The van der Waals surface area contributed by atoms with Crippen molar-refractivity contribution in [3.05, 3.63) is 23.8 Å². The lowest BCUT2D eigenvalue weighted by atomic mass is 10.0. The van der Waals surface area contributed by atoms with Crippen LogP contribution in [0.5, 0.6) is 11.5 Å². The van der Waals surface area contributed by atoms with Gasteiger partial charge in [0.05, 0.1) is 25.9 Å². The number of aliphatic hydroxyl groups is 2. The van der Waals surface area contributed by atoms with Crippen LogP contribution in [0.3, 0.4) is 0 Å². The van der Waals surface area contributed by atoms with Crippen LogP contribution in [-0.4, -0.2) is 79.8 Å². The number of benzene rings is 1. The molecule has 0 unspecified atom stereocenters. The molecule has 1 amide bonds. The van der Waals surface area contributed by atoms with Gasteiger partial charge < -0.3 is 34.6 Å². The molecule has 1 heterocycles. The van der Waals surface area contributed by atoms with Crippen molar-refractivity contribution in [2.45, 2.75) is 38.1 Å². The number of nitrogens with zero attached hydrogens (tertiary/aromatic N) is 1. The maximum atomic E-state index is 11.6. The molecule has 1 fully saturated rings. The summed E-state index contributed by atoms with van der Waals surface area (Å²) < 4.78 is 16.0. The lowest BCUT2D eigenvalue weighted by Crippen LogP contribution is -2.44. The fourth-order valence-corrected chi connectivity index (χ4v) is 3.11. The van der Waals surface area contributed by atoms with Crippen LogP contribution in [0.1, 0.15) is 18.9 Å². The highest BCUT2D eigenvalue weighted by atomic mass is 16.5. The Kier molecular flexibility index (Phi) is 8.30. The van der Waals surface area contributed by atoms with Crippen LogP contribution in [0.25, 0.3) is 0 Å². The summed E-state index contributed by atoms with van der Waals surface area (Å²) in [6.07, 6.45) is -1.05. The topological polar surface area (TPSA) is 100 Å². The Labute approximate surface area is 160 Å². The van der Waals surface area contributed by atoms with E-state index in [9.17, 15) is 15.0 Å². The minimum atomic E-state index is -0.748. The fourth-order valence-electron chi connectivity index (χ4n) is 3.11. The predicted molar refractivity (Wildman–Crippen MR) is 99.9 cm³/mol. The van der Waals surface area contributed by atoms with Crippen molar-refractivity contribution in [2.75, 3.05) is 40.5 Å². The van der Waals surface area contributed by atoms with E-state index in [1.54, 1.807) is 14.2 Å². The molecule has 0 aliphatic carbocycles. The first-order chi connectivity index (χ1) is 12.9. The van der Waals surface area contributed by atoms with E-state index in [1.165, 1.54) is 11.8 Å². The quantitative estimate of drug-likeness (QED) is 0.551. The molecule has 1 aromatic carbocycles. The van der Waals surface area contributed by atoms with Gasteiger partial charge in [0.15, 0.2) is 11.5 Å². The standard InChI is InChI=1S/C19H30N2O6/c1-13(22)21-11-15(23)9-16(17(24)12-21)20-10-14-4-5-18(26-3)19(8-14)27-7-6-25-2/h4-5,8,15-17,20,23-24H,6-7,9-12H2,1-3H3/t15-,16-,17-/m1/s1. The summed E-state index contributed by atoms with van der Waals surface area (Å²) in [5.41, 5.74) is 0.956. The number of hydrogen-bond acceptors (Lipinski definition) is 7. The molecule has 27 heavy (non-hydrogen) atoms. The molecule has 1 saturated heterocycles. The van der Waals surface area contributed by atoms with Crippen molar-refractivity contribution in [1.29, 1.82) is 0 Å². The van der Waals surface area contributed by atoms with E-state index in [4.69, 9.17) is 14.2 Å². The zero-order valence-electron chi connectivity index (χ0n) is 16.2. The Balaban J connectivity index is 2.00. The summed E-state index contributed by atoms with van der Waals surface area (Å²) in [6.45, 7) is 3.26. The maximum Gasteiger partial charge on any atom is 0.219 e. The number of amides is 1. The third-order valence-electron chi connectivity index (χ3n) is 4.62. The monoisotopic (exact) mass is 382 g/mol. The molecule has 152 valence electrons. The van der Waals surface area contributed by atoms with Crippen LogP contribution in [0.4, 0.5) is 0 Å². The minimum Gasteiger partial charge on any atom is -0.493 e. The van der Waals surface area contributed by atoms with Crippen LogP contribution in [0, 0.1) is 0 Å². The number of rotatable bonds is 8. The average molecular weight is 382 g/mol. The fraction of sp³-hybridized carbons (Fsp3) is 0.632. The van der Waals surface area contributed by atoms with Crippen LogP contribution in [0.2, 0.25) is 0 Å². The second kappa shape index (κ2) is 10.5. The molecular weight excluding hydrogens is 352 g/mol. The van der Waals surface area contributed by atoms with Gasteiger partial charge in [-0.1, -0.05) is 6.07 Å². The van der Waals surface area contributed by atoms with Crippen LogP contribution < -0.4 is 14.8 Å². The first-order valence-electron chi connectivity index (χ1n) is 9.08. The van der Waals surface area contributed by atoms with Gasteiger partial charge in [0.2, 0.25) is 5.91 Å². The van der Waals surface area contributed by atoms with Gasteiger partial charge in [0.1, 0.15) is 6.61 Å². The van der Waals surface area contributed by atoms with E-state index in [0.29, 0.717) is 37.7 Å². The number of methoxy groups -OCH3 is 2. The van der Waals surface area contributed by atoms with Gasteiger partial charge in [-0.05, 0) is 24.1 Å². The number of carbonyl (C=O) groups excluding carboxylic acids is 1. The molecule has 1 aliphatic rings. The third-order valence-corrected chi connectivity index (χ3v) is 4.62. The number of β-amino-alcohol motifs (C(OH)–C–C–N with tert-alkyl or cyclic N) is 2. The molecule has 0 bridgehead atoms. The third kappa shape index (κ3) is 6.35. The number of likely N-dealkylation sites (tertiary alicyclic amines) is 1. The first kappa shape index (κ1) is 21.4. The maximum absolute atomic E-state index is 11.6. The lowest BCUT2D eigenvalue weighted by Gasteiger charge is -2.24. The van der Waals surface area contributed by atoms with Crippen LogP contribution in [0.15, 0.2) is 18.2 Å². The Hall–Kier alpha value is -1.87. The summed E-state index contributed by atoms with van der Waals surface area (Å²) >= 11 is 0. The zero-order valence-corrected chi connectivity index (χ0v) is 16.2. The summed E-state index contributed by atoms with van der Waals surface area (Å²) in [4.78, 5) is 13.1. The highest BCUT2D eigenvalue weighted by Crippen LogP contribution is 2.28. The number of aliphatic hydroxyl groups excluding tert-OH is 2. The van der Waals surface area contributed by atoms with Gasteiger partial charge in [0.25, 0.3) is 0 Å². The molecule has 2 rings (SSSR count). The van der Waals surface area contributed by atoms with Crippen molar-refractivity contribution < 1.29 is 29.2 Å². The van der Waals surface area contributed by atoms with Gasteiger partial charge in [-0.3, -0.25) is 4.79 Å². The Morgan fingerprint density at radius 1 is 1.22 bits per heavy atom. The molecule has 3 N–H and O–H groups in total. The highest BCUT2D eigenvalue weighted by molar-refractivity contribution is 5.73. The summed E-state index contributed by atoms with van der Waals surface area (Å²) in [5.74, 6) is 1.11. The normalized spacial score (nSPS) is 23.0. The van der Waals surface area contributed by atoms with Crippen LogP contribution in [-0.2, 0) is 16.1 Å².